The summed E-state index contributed by atoms with van der Waals surface area (Å²) in [5.74, 6) is -20.1. The van der Waals surface area contributed by atoms with Crippen molar-refractivity contribution in [1.29, 1.82) is 0 Å². The lowest BCUT2D eigenvalue weighted by Gasteiger charge is -2.32. The Bertz CT molecular complexity index is 3420. The number of carbonyl (C=O) groups is 18. The van der Waals surface area contributed by atoms with Gasteiger partial charge in [0.15, 0.2) is 0 Å². The molecule has 622 valence electrons. The zero-order chi connectivity index (χ0) is 83.7. The van der Waals surface area contributed by atoms with Crippen molar-refractivity contribution in [3.8, 4) is 0 Å². The van der Waals surface area contributed by atoms with E-state index in [0.717, 1.165) is 4.90 Å². The molecule has 43 nitrogen and oxygen atoms in total. The van der Waals surface area contributed by atoms with Gasteiger partial charge in [-0.3, -0.25) is 81.5 Å². The van der Waals surface area contributed by atoms with Crippen LogP contribution >= 0.6 is 0 Å². The van der Waals surface area contributed by atoms with Crippen LogP contribution in [0.1, 0.15) is 151 Å². The fourth-order valence-corrected chi connectivity index (χ4v) is 11.9. The predicted octanol–water partition coefficient (Wildman–Crippen LogP) is -8.94. The van der Waals surface area contributed by atoms with E-state index in [4.69, 9.17) is 22.9 Å². The number of carbonyl (C=O) groups excluding carboxylic acids is 16. The van der Waals surface area contributed by atoms with E-state index in [0.29, 0.717) is 12.8 Å². The number of aliphatic hydroxyl groups is 3. The monoisotopic (exact) mass is 1580 g/mol. The first-order valence-electron chi connectivity index (χ1n) is 36.8. The van der Waals surface area contributed by atoms with Crippen molar-refractivity contribution >= 4 is 106 Å². The number of carboxylic acids is 2. The highest BCUT2D eigenvalue weighted by Gasteiger charge is 2.44. The van der Waals surface area contributed by atoms with Crippen LogP contribution in [0.4, 0.5) is 0 Å². The van der Waals surface area contributed by atoms with Crippen LogP contribution < -0.4 is 86.7 Å². The molecule has 2 aliphatic heterocycles. The molecule has 2 aliphatic rings. The van der Waals surface area contributed by atoms with E-state index < -0.39 is 261 Å². The van der Waals surface area contributed by atoms with Crippen molar-refractivity contribution in [2.24, 2.45) is 40.7 Å². The van der Waals surface area contributed by atoms with Crippen LogP contribution in [0.3, 0.4) is 0 Å². The Morgan fingerprint density at radius 3 is 1.42 bits per heavy atom. The number of unbranched alkanes of at least 4 members (excludes halogenated alkanes) is 1. The van der Waals surface area contributed by atoms with E-state index >= 15 is 0 Å². The molecule has 3 heterocycles. The topological polar surface area (TPSA) is 692 Å². The first-order valence-corrected chi connectivity index (χ1v) is 36.8. The number of primary amides is 2. The van der Waals surface area contributed by atoms with Crippen molar-refractivity contribution in [2.75, 3.05) is 39.5 Å². The van der Waals surface area contributed by atoms with E-state index in [1.807, 2.05) is 5.32 Å². The molecule has 0 aromatic carbocycles. The molecule has 111 heavy (non-hydrogen) atoms. The van der Waals surface area contributed by atoms with Gasteiger partial charge in [0, 0.05) is 44.2 Å². The SMILES string of the molecule is CC[C@H](C)[C@H](NC(=O)[C@@H]1CCCN1C(=O)[C@@H](NC(=O)[C@H](C)N)C(C)C)C(=O)N[C@@H](C)C(=O)N[C@@H](CCC(N)=O)C(=O)N[C@@H](CCCCN)C(=O)N[C@@H](CO)C(=O)N[C@@H](CCC(=O)O)C(=O)N1CCC[C@H]1C(=O)N[C@@H](Cc1cnc[nH]1)C(=O)N[C@@H](CO)C(=O)N[C@@H](CC(C)C)C(=O)N[C@@H](CO)C(=O)N[C@@H](CC(N)=O)C(=O)O. The second-order valence-corrected chi connectivity index (χ2v) is 28.2. The van der Waals surface area contributed by atoms with Gasteiger partial charge < -0.3 is 127 Å². The summed E-state index contributed by atoms with van der Waals surface area (Å²) in [4.78, 5) is 251. The molecule has 2 saturated heterocycles. The summed E-state index contributed by atoms with van der Waals surface area (Å²) in [5.41, 5.74) is 22.3. The third-order valence-corrected chi connectivity index (χ3v) is 18.4. The molecule has 43 heteroatoms. The van der Waals surface area contributed by atoms with Crippen LogP contribution in [-0.4, -0.2) is 282 Å². The molecular weight excluding hydrogens is 1460 g/mol. The maximum Gasteiger partial charge on any atom is 0.326 e. The largest absolute Gasteiger partial charge is 0.481 e. The van der Waals surface area contributed by atoms with Gasteiger partial charge in [-0.2, -0.15) is 0 Å². The van der Waals surface area contributed by atoms with Gasteiger partial charge in [0.25, 0.3) is 0 Å². The molecule has 26 N–H and O–H groups in total. The molecule has 1 aromatic rings. The van der Waals surface area contributed by atoms with Gasteiger partial charge >= 0.3 is 11.9 Å². The Kier molecular flexibility index (Phi) is 40.0. The number of aliphatic carboxylic acids is 2. The number of nitrogens with one attached hydrogen (secondary N) is 13. The van der Waals surface area contributed by atoms with E-state index in [2.05, 4.69) is 68.5 Å². The molecule has 0 saturated carbocycles. The number of nitrogens with two attached hydrogens (primary N) is 4. The van der Waals surface area contributed by atoms with E-state index in [-0.39, 0.29) is 82.6 Å². The maximum atomic E-state index is 14.6. The van der Waals surface area contributed by atoms with Gasteiger partial charge in [-0.15, -0.1) is 0 Å². The Morgan fingerprint density at radius 2 is 0.964 bits per heavy atom. The lowest BCUT2D eigenvalue weighted by atomic mass is 9.97. The molecule has 16 amide bonds. The molecule has 0 bridgehead atoms. The molecular formula is C68H112N20O23. The van der Waals surface area contributed by atoms with Crippen molar-refractivity contribution in [2.45, 2.75) is 242 Å². The minimum Gasteiger partial charge on any atom is -0.481 e. The van der Waals surface area contributed by atoms with Gasteiger partial charge in [0.1, 0.15) is 84.6 Å². The molecule has 0 unspecified atom stereocenters. The smallest absolute Gasteiger partial charge is 0.326 e. The summed E-state index contributed by atoms with van der Waals surface area (Å²) in [6.45, 7) is 9.54. The normalized spacial score (nSPS) is 17.8. The minimum absolute atomic E-state index is 0.0788. The summed E-state index contributed by atoms with van der Waals surface area (Å²) in [6.07, 6.45) is 0.0631. The predicted molar refractivity (Wildman–Crippen MR) is 389 cm³/mol. The van der Waals surface area contributed by atoms with Crippen molar-refractivity contribution in [1.82, 2.24) is 83.6 Å². The van der Waals surface area contributed by atoms with Crippen molar-refractivity contribution in [3.05, 3.63) is 18.2 Å². The molecule has 0 radical (unpaired) electrons. The third kappa shape index (κ3) is 30.7. The number of aliphatic hydroxyl groups excluding tert-OH is 3. The first kappa shape index (κ1) is 94.7. The Balaban J connectivity index is 1.84. The number of nitrogens with zero attached hydrogens (tertiary/aromatic N) is 3. The van der Waals surface area contributed by atoms with Crippen molar-refractivity contribution in [3.63, 3.8) is 0 Å². The number of hydrogen-bond acceptors (Lipinski definition) is 24. The highest BCUT2D eigenvalue weighted by atomic mass is 16.4. The van der Waals surface area contributed by atoms with Crippen LogP contribution in [-0.2, 0) is 92.7 Å². The average Bonchev–Trinajstić information content (AvgIpc) is 1.73. The summed E-state index contributed by atoms with van der Waals surface area (Å²) >= 11 is 0. The van der Waals surface area contributed by atoms with E-state index in [9.17, 15) is 112 Å². The van der Waals surface area contributed by atoms with Gasteiger partial charge in [-0.1, -0.05) is 48.0 Å². The Morgan fingerprint density at radius 1 is 0.505 bits per heavy atom. The standard InChI is InChI=1S/C68H112N20O23/c1-9-34(6)53(86-64(106)48-16-13-23-88(48)67(109)52(33(4)5)85-54(96)35(7)70)65(107)75-36(8)55(97)76-39(17-19-49(71)92)57(99)77-38(14-10-11-21-69)56(98)82-44(28-89)60(102)78-40(18-20-51(94)95)66(108)87-22-12-15-47(87)63(105)80-42(25-37-27-73-31-74-37)59(101)84-45(29-90)61(103)79-41(24-32(2)3)58(100)83-46(30-91)62(104)81-43(68(110)111)26-50(72)93/h27,31-36,38-48,52-53,89-91H,9-26,28-30,69-70H2,1-8H3,(H2,71,92)(H2,72,93)(H,73,74)(H,75,107)(H,76,97)(H,77,99)(H,78,102)(H,79,103)(H,80,105)(H,81,104)(H,82,98)(H,83,100)(H,84,101)(H,85,96)(H,86,106)(H,94,95)(H,110,111)/t34-,35-,36-,38-,39-,40-,41-,42-,43-,44-,45-,46-,47-,48-,52-,53-/m0/s1. The van der Waals surface area contributed by atoms with Gasteiger partial charge in [-0.25, -0.2) is 9.78 Å². The van der Waals surface area contributed by atoms with Crippen molar-refractivity contribution < 1.29 is 112 Å². The summed E-state index contributed by atoms with van der Waals surface area (Å²) in [7, 11) is 0. The molecule has 0 aliphatic carbocycles. The van der Waals surface area contributed by atoms with E-state index in [1.54, 1.807) is 41.5 Å². The fraction of sp³-hybridized carbons (Fsp3) is 0.691. The number of H-pyrrole nitrogens is 1. The second-order valence-electron chi connectivity index (χ2n) is 28.2. The molecule has 16 atom stereocenters. The zero-order valence-corrected chi connectivity index (χ0v) is 63.6. The highest BCUT2D eigenvalue weighted by Crippen LogP contribution is 2.24. The third-order valence-electron chi connectivity index (χ3n) is 18.4. The molecule has 0 spiro atoms. The van der Waals surface area contributed by atoms with Gasteiger partial charge in [-0.05, 0) is 102 Å². The summed E-state index contributed by atoms with van der Waals surface area (Å²) in [6, 6.07) is -22.8. The number of hydrogen-bond donors (Lipinski definition) is 22. The summed E-state index contributed by atoms with van der Waals surface area (Å²) < 4.78 is 0. The molecule has 1 aromatic heterocycles. The Labute approximate surface area is 640 Å². The van der Waals surface area contributed by atoms with Gasteiger partial charge in [0.2, 0.25) is 94.5 Å². The van der Waals surface area contributed by atoms with Crippen LogP contribution in [0.25, 0.3) is 0 Å². The van der Waals surface area contributed by atoms with Crippen LogP contribution in [0.2, 0.25) is 0 Å². The van der Waals surface area contributed by atoms with Crippen LogP contribution in [0.15, 0.2) is 12.5 Å². The fourth-order valence-electron chi connectivity index (χ4n) is 11.9. The van der Waals surface area contributed by atoms with Crippen LogP contribution in [0, 0.1) is 17.8 Å². The first-order chi connectivity index (χ1) is 52.2. The number of aromatic nitrogens is 2. The number of likely N-dealkylation sites (tertiary alicyclic amines) is 2. The average molecular weight is 1580 g/mol. The lowest BCUT2D eigenvalue weighted by Crippen LogP contribution is -2.61. The van der Waals surface area contributed by atoms with Gasteiger partial charge in [0.05, 0.1) is 38.6 Å². The number of amides is 16. The quantitative estimate of drug-likeness (QED) is 0.0269. The van der Waals surface area contributed by atoms with Crippen LogP contribution in [0.5, 0.6) is 0 Å². The number of rotatable bonds is 49. The Hall–Kier alpha value is -10.5. The zero-order valence-electron chi connectivity index (χ0n) is 63.6. The highest BCUT2D eigenvalue weighted by molar-refractivity contribution is 6.01. The van der Waals surface area contributed by atoms with E-state index in [1.165, 1.54) is 31.3 Å². The number of aromatic amines is 1. The minimum atomic E-state index is -1.95. The number of imidazole rings is 1. The summed E-state index contributed by atoms with van der Waals surface area (Å²) in [5, 5.41) is 79.0. The lowest BCUT2D eigenvalue weighted by molar-refractivity contribution is -0.144. The maximum absolute atomic E-state index is 14.6. The molecule has 3 rings (SSSR count). The molecule has 2 fully saturated rings. The number of carboxylic acid groups (broad SMARTS) is 2. The second kappa shape index (κ2) is 46.9.